The fourth-order valence-electron chi connectivity index (χ4n) is 2.69. The Morgan fingerprint density at radius 2 is 2.15 bits per heavy atom. The Labute approximate surface area is 127 Å². The number of nitrogens with one attached hydrogen (secondary N) is 1. The standard InChI is InChI=1S/C16H29N3S/c1-6-12(4)15-14(10-17-11(2)3)20-16(18-15)19-9-7-8-13(19)5/h11-13,17H,6-10H2,1-5H3. The summed E-state index contributed by atoms with van der Waals surface area (Å²) in [5.41, 5.74) is 1.32. The number of aromatic nitrogens is 1. The van der Waals surface area contributed by atoms with Crippen LogP contribution < -0.4 is 10.2 Å². The van der Waals surface area contributed by atoms with Crippen molar-refractivity contribution in [3.05, 3.63) is 10.6 Å². The molecular formula is C16H29N3S. The van der Waals surface area contributed by atoms with Crippen LogP contribution in [0.1, 0.15) is 70.4 Å². The van der Waals surface area contributed by atoms with Crippen molar-refractivity contribution in [1.82, 2.24) is 10.3 Å². The molecule has 1 aromatic rings. The SMILES string of the molecule is CCC(C)c1nc(N2CCCC2C)sc1CNC(C)C. The molecule has 0 aromatic carbocycles. The van der Waals surface area contributed by atoms with Crippen LogP contribution in [-0.2, 0) is 6.54 Å². The molecule has 1 fully saturated rings. The number of thiazole rings is 1. The molecular weight excluding hydrogens is 266 g/mol. The van der Waals surface area contributed by atoms with Gasteiger partial charge >= 0.3 is 0 Å². The zero-order valence-corrected chi connectivity index (χ0v) is 14.4. The van der Waals surface area contributed by atoms with Gasteiger partial charge in [0.05, 0.1) is 5.69 Å². The Morgan fingerprint density at radius 1 is 1.40 bits per heavy atom. The Balaban J connectivity index is 2.21. The second-order valence-corrected chi connectivity index (χ2v) is 7.40. The summed E-state index contributed by atoms with van der Waals surface area (Å²) in [5, 5.41) is 4.79. The smallest absolute Gasteiger partial charge is 0.186 e. The van der Waals surface area contributed by atoms with Crippen LogP contribution in [0.5, 0.6) is 0 Å². The van der Waals surface area contributed by atoms with E-state index in [4.69, 9.17) is 4.98 Å². The van der Waals surface area contributed by atoms with Gasteiger partial charge in [-0.2, -0.15) is 0 Å². The molecule has 2 rings (SSSR count). The van der Waals surface area contributed by atoms with E-state index in [0.29, 0.717) is 18.0 Å². The molecule has 2 unspecified atom stereocenters. The van der Waals surface area contributed by atoms with E-state index in [1.807, 2.05) is 11.3 Å². The molecule has 0 saturated carbocycles. The van der Waals surface area contributed by atoms with Crippen molar-refractivity contribution in [3.8, 4) is 0 Å². The lowest BCUT2D eigenvalue weighted by Gasteiger charge is -2.20. The van der Waals surface area contributed by atoms with Crippen molar-refractivity contribution in [2.24, 2.45) is 0 Å². The third-order valence-electron chi connectivity index (χ3n) is 4.26. The maximum atomic E-state index is 5.00. The number of hydrogen-bond donors (Lipinski definition) is 1. The average molecular weight is 295 g/mol. The van der Waals surface area contributed by atoms with Gasteiger partial charge in [0.15, 0.2) is 5.13 Å². The molecule has 0 aliphatic carbocycles. The van der Waals surface area contributed by atoms with E-state index in [2.05, 4.69) is 44.8 Å². The minimum atomic E-state index is 0.524. The molecule has 0 amide bonds. The quantitative estimate of drug-likeness (QED) is 0.855. The average Bonchev–Trinajstić information content (AvgIpc) is 3.01. The number of hydrogen-bond acceptors (Lipinski definition) is 4. The van der Waals surface area contributed by atoms with Crippen molar-refractivity contribution in [3.63, 3.8) is 0 Å². The fourth-order valence-corrected chi connectivity index (χ4v) is 3.95. The van der Waals surface area contributed by atoms with E-state index in [1.54, 1.807) is 0 Å². The summed E-state index contributed by atoms with van der Waals surface area (Å²) in [5.74, 6) is 0.557. The van der Waals surface area contributed by atoms with Gasteiger partial charge in [-0.3, -0.25) is 0 Å². The molecule has 1 aliphatic rings. The van der Waals surface area contributed by atoms with Crippen LogP contribution in [0, 0.1) is 0 Å². The molecule has 2 heterocycles. The normalized spacial score (nSPS) is 20.9. The van der Waals surface area contributed by atoms with Crippen molar-refractivity contribution < 1.29 is 0 Å². The van der Waals surface area contributed by atoms with Crippen LogP contribution in [0.2, 0.25) is 0 Å². The zero-order chi connectivity index (χ0) is 14.7. The highest BCUT2D eigenvalue weighted by Gasteiger charge is 2.25. The summed E-state index contributed by atoms with van der Waals surface area (Å²) >= 11 is 1.90. The maximum Gasteiger partial charge on any atom is 0.186 e. The van der Waals surface area contributed by atoms with E-state index in [0.717, 1.165) is 13.0 Å². The molecule has 20 heavy (non-hydrogen) atoms. The molecule has 0 bridgehead atoms. The molecule has 3 nitrogen and oxygen atoms in total. The molecule has 4 heteroatoms. The van der Waals surface area contributed by atoms with E-state index >= 15 is 0 Å². The van der Waals surface area contributed by atoms with Gasteiger partial charge in [0.1, 0.15) is 0 Å². The Kier molecular flexibility index (Phi) is 5.44. The summed E-state index contributed by atoms with van der Waals surface area (Å²) in [7, 11) is 0. The van der Waals surface area contributed by atoms with Gasteiger partial charge in [-0.1, -0.05) is 27.7 Å². The molecule has 114 valence electrons. The predicted octanol–water partition coefficient (Wildman–Crippen LogP) is 4.14. The Hall–Kier alpha value is -0.610. The first-order chi connectivity index (χ1) is 9.52. The van der Waals surface area contributed by atoms with Crippen LogP contribution >= 0.6 is 11.3 Å². The Bertz CT molecular complexity index is 427. The molecule has 0 spiro atoms. The lowest BCUT2D eigenvalue weighted by Crippen LogP contribution is -2.26. The highest BCUT2D eigenvalue weighted by molar-refractivity contribution is 7.15. The van der Waals surface area contributed by atoms with Crippen molar-refractivity contribution in [2.75, 3.05) is 11.4 Å². The minimum absolute atomic E-state index is 0.524. The van der Waals surface area contributed by atoms with Gasteiger partial charge in [0.25, 0.3) is 0 Å². The summed E-state index contributed by atoms with van der Waals surface area (Å²) in [6, 6.07) is 1.17. The van der Waals surface area contributed by atoms with Gasteiger partial charge < -0.3 is 10.2 Å². The summed E-state index contributed by atoms with van der Waals surface area (Å²) in [6.45, 7) is 13.4. The third-order valence-corrected chi connectivity index (χ3v) is 5.37. The van der Waals surface area contributed by atoms with Crippen molar-refractivity contribution in [1.29, 1.82) is 0 Å². The van der Waals surface area contributed by atoms with Gasteiger partial charge in [0, 0.05) is 30.1 Å². The van der Waals surface area contributed by atoms with E-state index in [9.17, 15) is 0 Å². The van der Waals surface area contributed by atoms with Crippen LogP contribution in [-0.4, -0.2) is 23.6 Å². The highest BCUT2D eigenvalue weighted by atomic mass is 32.1. The molecule has 1 aliphatic heterocycles. The summed E-state index contributed by atoms with van der Waals surface area (Å²) in [6.07, 6.45) is 3.77. The van der Waals surface area contributed by atoms with E-state index in [-0.39, 0.29) is 0 Å². The molecule has 1 aromatic heterocycles. The minimum Gasteiger partial charge on any atom is -0.345 e. The van der Waals surface area contributed by atoms with Crippen LogP contribution in [0.3, 0.4) is 0 Å². The second kappa shape index (κ2) is 6.90. The fraction of sp³-hybridized carbons (Fsp3) is 0.812. The van der Waals surface area contributed by atoms with Gasteiger partial charge in [-0.25, -0.2) is 4.98 Å². The molecule has 1 saturated heterocycles. The van der Waals surface area contributed by atoms with Crippen LogP contribution in [0.4, 0.5) is 5.13 Å². The first-order valence-electron chi connectivity index (χ1n) is 8.02. The summed E-state index contributed by atoms with van der Waals surface area (Å²) in [4.78, 5) is 8.92. The number of rotatable bonds is 6. The van der Waals surface area contributed by atoms with E-state index < -0.39 is 0 Å². The van der Waals surface area contributed by atoms with Crippen molar-refractivity contribution >= 4 is 16.5 Å². The van der Waals surface area contributed by atoms with Gasteiger partial charge in [0.2, 0.25) is 0 Å². The molecule has 2 atom stereocenters. The van der Waals surface area contributed by atoms with Crippen LogP contribution in [0.25, 0.3) is 0 Å². The lowest BCUT2D eigenvalue weighted by atomic mass is 10.0. The first-order valence-corrected chi connectivity index (χ1v) is 8.84. The molecule has 0 radical (unpaired) electrons. The maximum absolute atomic E-state index is 5.00. The zero-order valence-electron chi connectivity index (χ0n) is 13.6. The monoisotopic (exact) mass is 295 g/mol. The molecule has 1 N–H and O–H groups in total. The largest absolute Gasteiger partial charge is 0.345 e. The highest BCUT2D eigenvalue weighted by Crippen LogP contribution is 2.35. The van der Waals surface area contributed by atoms with E-state index in [1.165, 1.54) is 35.1 Å². The topological polar surface area (TPSA) is 28.2 Å². The number of anilines is 1. The van der Waals surface area contributed by atoms with Gasteiger partial charge in [-0.05, 0) is 32.1 Å². The first kappa shape index (κ1) is 15.8. The summed E-state index contributed by atoms with van der Waals surface area (Å²) < 4.78 is 0. The number of nitrogens with zero attached hydrogens (tertiary/aromatic N) is 2. The predicted molar refractivity (Wildman–Crippen MR) is 88.8 cm³/mol. The van der Waals surface area contributed by atoms with Crippen molar-refractivity contribution in [2.45, 2.75) is 78.4 Å². The third kappa shape index (κ3) is 3.53. The second-order valence-electron chi connectivity index (χ2n) is 6.33. The van der Waals surface area contributed by atoms with Gasteiger partial charge in [-0.15, -0.1) is 11.3 Å². The Morgan fingerprint density at radius 3 is 2.70 bits per heavy atom. The van der Waals surface area contributed by atoms with Crippen LogP contribution in [0.15, 0.2) is 0 Å². The lowest BCUT2D eigenvalue weighted by molar-refractivity contribution is 0.584.